The second-order valence-corrected chi connectivity index (χ2v) is 4.94. The summed E-state index contributed by atoms with van der Waals surface area (Å²) >= 11 is 0. The molecule has 0 aromatic heterocycles. The highest BCUT2D eigenvalue weighted by molar-refractivity contribution is 5.76. The average Bonchev–Trinajstić information content (AvgIpc) is 2.79. The predicted octanol–water partition coefficient (Wildman–Crippen LogP) is 1.45. The Bertz CT molecular complexity index is 238. The Morgan fingerprint density at radius 1 is 1.53 bits per heavy atom. The summed E-state index contributed by atoms with van der Waals surface area (Å²) in [4.78, 5) is 11.8. The van der Waals surface area contributed by atoms with Crippen LogP contribution < -0.4 is 10.6 Å². The molecule has 100 valence electrons. The van der Waals surface area contributed by atoms with E-state index in [1.807, 2.05) is 6.92 Å². The van der Waals surface area contributed by atoms with Crippen LogP contribution in [0.2, 0.25) is 0 Å². The minimum atomic E-state index is -0.222. The van der Waals surface area contributed by atoms with Crippen LogP contribution in [0.1, 0.15) is 46.0 Å². The Hall–Kier alpha value is -0.610. The van der Waals surface area contributed by atoms with Crippen molar-refractivity contribution >= 4 is 5.91 Å². The standard InChI is InChI=1S/C13H26N2O2/c1-4-5-6-7-12(16)15-11(2)13(17-3)8-9-14-10-13/h11,14H,4-10H2,1-3H3,(H,15,16). The first-order chi connectivity index (χ1) is 8.14. The van der Waals surface area contributed by atoms with Crippen molar-refractivity contribution in [2.45, 2.75) is 57.6 Å². The van der Waals surface area contributed by atoms with Crippen LogP contribution in [0.25, 0.3) is 0 Å². The van der Waals surface area contributed by atoms with Crippen molar-refractivity contribution in [2.24, 2.45) is 0 Å². The number of methoxy groups -OCH3 is 1. The predicted molar refractivity (Wildman–Crippen MR) is 69.0 cm³/mol. The molecule has 2 atom stereocenters. The van der Waals surface area contributed by atoms with Gasteiger partial charge in [0.2, 0.25) is 5.91 Å². The normalized spacial score (nSPS) is 25.8. The molecule has 1 fully saturated rings. The Labute approximate surface area is 104 Å². The number of nitrogens with one attached hydrogen (secondary N) is 2. The molecule has 17 heavy (non-hydrogen) atoms. The number of hydrogen-bond acceptors (Lipinski definition) is 3. The van der Waals surface area contributed by atoms with Crippen molar-refractivity contribution < 1.29 is 9.53 Å². The quantitative estimate of drug-likeness (QED) is 0.664. The van der Waals surface area contributed by atoms with Gasteiger partial charge in [-0.25, -0.2) is 0 Å². The fourth-order valence-electron chi connectivity index (χ4n) is 2.39. The van der Waals surface area contributed by atoms with Gasteiger partial charge in [-0.15, -0.1) is 0 Å². The zero-order chi connectivity index (χ0) is 12.7. The summed E-state index contributed by atoms with van der Waals surface area (Å²) in [7, 11) is 1.73. The van der Waals surface area contributed by atoms with Crippen LogP contribution in [-0.4, -0.2) is 37.7 Å². The molecule has 0 aromatic carbocycles. The van der Waals surface area contributed by atoms with Gasteiger partial charge in [-0.3, -0.25) is 4.79 Å². The maximum Gasteiger partial charge on any atom is 0.220 e. The topological polar surface area (TPSA) is 50.4 Å². The molecule has 0 saturated carbocycles. The third-order valence-corrected chi connectivity index (χ3v) is 3.73. The number of carbonyl (C=O) groups excluding carboxylic acids is 1. The Balaban J connectivity index is 2.36. The van der Waals surface area contributed by atoms with Crippen molar-refractivity contribution in [1.29, 1.82) is 0 Å². The Morgan fingerprint density at radius 3 is 2.82 bits per heavy atom. The highest BCUT2D eigenvalue weighted by Gasteiger charge is 2.39. The van der Waals surface area contributed by atoms with Crippen LogP contribution in [0.3, 0.4) is 0 Å². The smallest absolute Gasteiger partial charge is 0.220 e. The van der Waals surface area contributed by atoms with Gasteiger partial charge in [-0.05, 0) is 26.3 Å². The minimum absolute atomic E-state index is 0.0663. The molecule has 1 aliphatic rings. The van der Waals surface area contributed by atoms with Gasteiger partial charge in [0.1, 0.15) is 5.60 Å². The van der Waals surface area contributed by atoms with E-state index in [1.165, 1.54) is 0 Å². The highest BCUT2D eigenvalue weighted by atomic mass is 16.5. The number of unbranched alkanes of at least 4 members (excludes halogenated alkanes) is 2. The number of carbonyl (C=O) groups is 1. The van der Waals surface area contributed by atoms with Gasteiger partial charge in [0.05, 0.1) is 6.04 Å². The maximum atomic E-state index is 11.8. The van der Waals surface area contributed by atoms with Gasteiger partial charge >= 0.3 is 0 Å². The van der Waals surface area contributed by atoms with Gasteiger partial charge in [-0.1, -0.05) is 19.8 Å². The molecule has 4 nitrogen and oxygen atoms in total. The van der Waals surface area contributed by atoms with Crippen molar-refractivity contribution in [3.05, 3.63) is 0 Å². The molecule has 2 unspecified atom stereocenters. The summed E-state index contributed by atoms with van der Waals surface area (Å²) in [6, 6.07) is 0.0663. The summed E-state index contributed by atoms with van der Waals surface area (Å²) in [5.41, 5.74) is -0.222. The molecule has 1 rings (SSSR count). The zero-order valence-corrected chi connectivity index (χ0v) is 11.3. The Morgan fingerprint density at radius 2 is 2.29 bits per heavy atom. The minimum Gasteiger partial charge on any atom is -0.375 e. The molecule has 0 bridgehead atoms. The second kappa shape index (κ2) is 6.97. The molecule has 0 spiro atoms. The molecule has 1 amide bonds. The van der Waals surface area contributed by atoms with Crippen molar-refractivity contribution in [2.75, 3.05) is 20.2 Å². The van der Waals surface area contributed by atoms with Crippen LogP contribution in [0, 0.1) is 0 Å². The monoisotopic (exact) mass is 242 g/mol. The number of amides is 1. The van der Waals surface area contributed by atoms with Crippen LogP contribution in [0.15, 0.2) is 0 Å². The lowest BCUT2D eigenvalue weighted by molar-refractivity contribution is -0.124. The number of hydrogen-bond donors (Lipinski definition) is 2. The molecule has 1 saturated heterocycles. The van der Waals surface area contributed by atoms with E-state index < -0.39 is 0 Å². The maximum absolute atomic E-state index is 11.8. The summed E-state index contributed by atoms with van der Waals surface area (Å²) < 4.78 is 5.61. The van der Waals surface area contributed by atoms with E-state index in [4.69, 9.17) is 4.74 Å². The lowest BCUT2D eigenvalue weighted by Gasteiger charge is -2.33. The lowest BCUT2D eigenvalue weighted by Crippen LogP contribution is -2.53. The number of rotatable bonds is 7. The summed E-state index contributed by atoms with van der Waals surface area (Å²) in [5, 5.41) is 6.36. The van der Waals surface area contributed by atoms with Crippen LogP contribution >= 0.6 is 0 Å². The van der Waals surface area contributed by atoms with Gasteiger partial charge in [0.25, 0.3) is 0 Å². The third kappa shape index (κ3) is 3.96. The van der Waals surface area contributed by atoms with E-state index in [0.717, 1.165) is 38.8 Å². The summed E-state index contributed by atoms with van der Waals surface area (Å²) in [6.45, 7) is 5.96. The van der Waals surface area contributed by atoms with Gasteiger partial charge in [-0.2, -0.15) is 0 Å². The molecule has 1 heterocycles. The van der Waals surface area contributed by atoms with Crippen molar-refractivity contribution in [3.8, 4) is 0 Å². The van der Waals surface area contributed by atoms with Gasteiger partial charge in [0, 0.05) is 20.1 Å². The van der Waals surface area contributed by atoms with Gasteiger partial charge in [0.15, 0.2) is 0 Å². The van der Waals surface area contributed by atoms with Gasteiger partial charge < -0.3 is 15.4 Å². The molecule has 0 aromatic rings. The van der Waals surface area contributed by atoms with Crippen LogP contribution in [0.4, 0.5) is 0 Å². The summed E-state index contributed by atoms with van der Waals surface area (Å²) in [6.07, 6.45) is 4.84. The fraction of sp³-hybridized carbons (Fsp3) is 0.923. The number of ether oxygens (including phenoxy) is 1. The summed E-state index contributed by atoms with van der Waals surface area (Å²) in [5.74, 6) is 0.147. The first kappa shape index (κ1) is 14.5. The molecule has 1 aliphatic heterocycles. The van der Waals surface area contributed by atoms with E-state index in [-0.39, 0.29) is 17.6 Å². The van der Waals surface area contributed by atoms with Crippen molar-refractivity contribution in [3.63, 3.8) is 0 Å². The molecule has 0 aliphatic carbocycles. The van der Waals surface area contributed by atoms with E-state index in [9.17, 15) is 4.79 Å². The average molecular weight is 242 g/mol. The molecule has 2 N–H and O–H groups in total. The van der Waals surface area contributed by atoms with E-state index in [2.05, 4.69) is 17.6 Å². The molecule has 4 heteroatoms. The first-order valence-electron chi connectivity index (χ1n) is 6.70. The van der Waals surface area contributed by atoms with Crippen LogP contribution in [0.5, 0.6) is 0 Å². The Kier molecular flexibility index (Phi) is 5.92. The van der Waals surface area contributed by atoms with E-state index in [1.54, 1.807) is 7.11 Å². The lowest BCUT2D eigenvalue weighted by atomic mass is 9.94. The largest absolute Gasteiger partial charge is 0.375 e. The van der Waals surface area contributed by atoms with E-state index >= 15 is 0 Å². The molecular formula is C13H26N2O2. The SMILES string of the molecule is CCCCCC(=O)NC(C)C1(OC)CCNC1. The van der Waals surface area contributed by atoms with Crippen LogP contribution in [-0.2, 0) is 9.53 Å². The molecule has 0 radical (unpaired) electrons. The molecular weight excluding hydrogens is 216 g/mol. The zero-order valence-electron chi connectivity index (χ0n) is 11.3. The second-order valence-electron chi connectivity index (χ2n) is 4.94. The third-order valence-electron chi connectivity index (χ3n) is 3.73. The van der Waals surface area contributed by atoms with Crippen molar-refractivity contribution in [1.82, 2.24) is 10.6 Å². The first-order valence-corrected chi connectivity index (χ1v) is 6.70. The highest BCUT2D eigenvalue weighted by Crippen LogP contribution is 2.23. The van der Waals surface area contributed by atoms with E-state index in [0.29, 0.717) is 6.42 Å². The fourth-order valence-corrected chi connectivity index (χ4v) is 2.39.